The smallest absolute Gasteiger partial charge is 0.0598 e. The number of rotatable bonds is 6. The number of aryl methyl sites for hydroxylation is 2. The Bertz CT molecular complexity index is 710. The molecule has 0 radical (unpaired) electrons. The molecular formula is C18H22N2S. The molecule has 3 heteroatoms. The van der Waals surface area contributed by atoms with Crippen molar-refractivity contribution in [1.29, 1.82) is 0 Å². The molecule has 2 heterocycles. The quantitative estimate of drug-likeness (QED) is 0.634. The summed E-state index contributed by atoms with van der Waals surface area (Å²) in [7, 11) is 0. The zero-order chi connectivity index (χ0) is 14.7. The summed E-state index contributed by atoms with van der Waals surface area (Å²) < 4.78 is 0. The van der Waals surface area contributed by atoms with E-state index in [0.717, 1.165) is 32.2 Å². The third-order valence-electron chi connectivity index (χ3n) is 4.06. The molecule has 0 aliphatic carbocycles. The Hall–Kier alpha value is -1.58. The topological polar surface area (TPSA) is 41.8 Å². The van der Waals surface area contributed by atoms with Gasteiger partial charge in [0.2, 0.25) is 0 Å². The van der Waals surface area contributed by atoms with E-state index in [1.54, 1.807) is 11.3 Å². The number of benzene rings is 1. The lowest BCUT2D eigenvalue weighted by Crippen LogP contribution is -1.99. The van der Waals surface area contributed by atoms with Crippen molar-refractivity contribution < 1.29 is 0 Å². The van der Waals surface area contributed by atoms with Crippen LogP contribution in [0.25, 0.3) is 21.5 Å². The molecule has 0 aliphatic rings. The minimum Gasteiger partial charge on any atom is -0.353 e. The number of thiophene rings is 1. The second-order valence-corrected chi connectivity index (χ2v) is 6.34. The summed E-state index contributed by atoms with van der Waals surface area (Å²) in [6.45, 7) is 2.99. The molecule has 2 aromatic heterocycles. The van der Waals surface area contributed by atoms with Crippen molar-refractivity contribution in [2.75, 3.05) is 6.54 Å². The summed E-state index contributed by atoms with van der Waals surface area (Å²) in [5.41, 5.74) is 11.1. The average molecular weight is 298 g/mol. The van der Waals surface area contributed by atoms with E-state index in [-0.39, 0.29) is 0 Å². The van der Waals surface area contributed by atoms with Gasteiger partial charge >= 0.3 is 0 Å². The molecule has 0 fully saturated rings. The number of aromatic nitrogens is 1. The number of hydrogen-bond acceptors (Lipinski definition) is 2. The largest absolute Gasteiger partial charge is 0.353 e. The molecule has 0 spiro atoms. The highest BCUT2D eigenvalue weighted by atomic mass is 32.1. The summed E-state index contributed by atoms with van der Waals surface area (Å²) in [5, 5.41) is 3.53. The molecule has 110 valence electrons. The van der Waals surface area contributed by atoms with E-state index >= 15 is 0 Å². The molecule has 0 bridgehead atoms. The number of para-hydroxylation sites is 1. The summed E-state index contributed by atoms with van der Waals surface area (Å²) >= 11 is 1.80. The Kier molecular flexibility index (Phi) is 4.42. The van der Waals surface area contributed by atoms with Gasteiger partial charge in [-0.3, -0.25) is 0 Å². The van der Waals surface area contributed by atoms with Gasteiger partial charge in [0.05, 0.1) is 10.6 Å². The number of H-pyrrole nitrogens is 1. The summed E-state index contributed by atoms with van der Waals surface area (Å²) in [6, 6.07) is 11.0. The van der Waals surface area contributed by atoms with E-state index in [4.69, 9.17) is 5.73 Å². The van der Waals surface area contributed by atoms with Gasteiger partial charge in [0.15, 0.2) is 0 Å². The minimum absolute atomic E-state index is 0.775. The number of hydrogen-bond donors (Lipinski definition) is 2. The fourth-order valence-corrected chi connectivity index (χ4v) is 3.72. The maximum atomic E-state index is 5.65. The Morgan fingerprint density at radius 3 is 2.76 bits per heavy atom. The fourth-order valence-electron chi connectivity index (χ4n) is 2.97. The van der Waals surface area contributed by atoms with Crippen LogP contribution in [-0.2, 0) is 12.8 Å². The van der Waals surface area contributed by atoms with E-state index in [1.807, 2.05) is 0 Å². The first-order valence-electron chi connectivity index (χ1n) is 7.71. The molecule has 0 saturated carbocycles. The first kappa shape index (κ1) is 14.4. The van der Waals surface area contributed by atoms with Crippen LogP contribution in [0.2, 0.25) is 0 Å². The zero-order valence-corrected chi connectivity index (χ0v) is 13.3. The maximum absolute atomic E-state index is 5.65. The number of unbranched alkanes of at least 4 members (excludes halogenated alkanes) is 1. The summed E-state index contributed by atoms with van der Waals surface area (Å²) in [4.78, 5) is 5.02. The van der Waals surface area contributed by atoms with Gasteiger partial charge in [-0.1, -0.05) is 31.2 Å². The van der Waals surface area contributed by atoms with Crippen molar-refractivity contribution in [3.05, 3.63) is 46.8 Å². The van der Waals surface area contributed by atoms with Crippen molar-refractivity contribution in [2.24, 2.45) is 5.73 Å². The molecule has 0 amide bonds. The van der Waals surface area contributed by atoms with Crippen LogP contribution in [0.5, 0.6) is 0 Å². The minimum atomic E-state index is 0.775. The third kappa shape index (κ3) is 2.76. The normalized spacial score (nSPS) is 11.3. The molecule has 3 aromatic rings. The predicted octanol–water partition coefficient (Wildman–Crippen LogP) is 4.74. The van der Waals surface area contributed by atoms with Gasteiger partial charge < -0.3 is 10.7 Å². The highest BCUT2D eigenvalue weighted by Crippen LogP contribution is 2.35. The number of nitrogens with one attached hydrogen (secondary N) is 1. The van der Waals surface area contributed by atoms with E-state index in [9.17, 15) is 0 Å². The molecular weight excluding hydrogens is 276 g/mol. The van der Waals surface area contributed by atoms with Crippen molar-refractivity contribution >= 4 is 22.2 Å². The summed E-state index contributed by atoms with van der Waals surface area (Å²) in [5.74, 6) is 0. The molecule has 3 rings (SSSR count). The predicted molar refractivity (Wildman–Crippen MR) is 93.0 cm³/mol. The SMILES string of the molecule is CCc1cccc2c(CCCCN)c(-c3cccs3)[nH]c12. The third-order valence-corrected chi connectivity index (χ3v) is 4.94. The van der Waals surface area contributed by atoms with Gasteiger partial charge in [-0.2, -0.15) is 0 Å². The van der Waals surface area contributed by atoms with E-state index in [0.29, 0.717) is 0 Å². The van der Waals surface area contributed by atoms with Crippen molar-refractivity contribution in [2.45, 2.75) is 32.6 Å². The van der Waals surface area contributed by atoms with Crippen molar-refractivity contribution in [3.63, 3.8) is 0 Å². The van der Waals surface area contributed by atoms with Gasteiger partial charge in [-0.15, -0.1) is 11.3 Å². The Morgan fingerprint density at radius 2 is 2.05 bits per heavy atom. The lowest BCUT2D eigenvalue weighted by molar-refractivity contribution is 0.748. The molecule has 0 aliphatic heterocycles. The first-order valence-corrected chi connectivity index (χ1v) is 8.59. The number of nitrogens with two attached hydrogens (primary N) is 1. The van der Waals surface area contributed by atoms with E-state index in [1.165, 1.54) is 32.6 Å². The van der Waals surface area contributed by atoms with Crippen LogP contribution in [0.1, 0.15) is 30.9 Å². The van der Waals surface area contributed by atoms with Crippen LogP contribution < -0.4 is 5.73 Å². The second kappa shape index (κ2) is 6.46. The fraction of sp³-hybridized carbons (Fsp3) is 0.333. The molecule has 0 unspecified atom stereocenters. The van der Waals surface area contributed by atoms with Gasteiger partial charge in [0, 0.05) is 10.9 Å². The molecule has 2 nitrogen and oxygen atoms in total. The van der Waals surface area contributed by atoms with E-state index in [2.05, 4.69) is 47.6 Å². The van der Waals surface area contributed by atoms with Crippen LogP contribution in [0.4, 0.5) is 0 Å². The van der Waals surface area contributed by atoms with Crippen LogP contribution in [0.3, 0.4) is 0 Å². The molecule has 1 aromatic carbocycles. The van der Waals surface area contributed by atoms with Crippen LogP contribution in [-0.4, -0.2) is 11.5 Å². The van der Waals surface area contributed by atoms with Crippen LogP contribution >= 0.6 is 11.3 Å². The Balaban J connectivity index is 2.13. The average Bonchev–Trinajstić information content (AvgIpc) is 3.14. The van der Waals surface area contributed by atoms with Crippen molar-refractivity contribution in [1.82, 2.24) is 4.98 Å². The van der Waals surface area contributed by atoms with Gasteiger partial charge in [-0.05, 0) is 54.8 Å². The first-order chi connectivity index (χ1) is 10.3. The number of fused-ring (bicyclic) bond motifs is 1. The maximum Gasteiger partial charge on any atom is 0.0598 e. The highest BCUT2D eigenvalue weighted by molar-refractivity contribution is 7.13. The monoisotopic (exact) mass is 298 g/mol. The summed E-state index contributed by atoms with van der Waals surface area (Å²) in [6.07, 6.45) is 4.39. The van der Waals surface area contributed by atoms with Crippen molar-refractivity contribution in [3.8, 4) is 10.6 Å². The van der Waals surface area contributed by atoms with Gasteiger partial charge in [0.1, 0.15) is 0 Å². The molecule has 0 atom stereocenters. The highest BCUT2D eigenvalue weighted by Gasteiger charge is 2.15. The van der Waals surface area contributed by atoms with Gasteiger partial charge in [0.25, 0.3) is 0 Å². The van der Waals surface area contributed by atoms with Crippen LogP contribution in [0, 0.1) is 0 Å². The lowest BCUT2D eigenvalue weighted by Gasteiger charge is -2.03. The molecule has 0 saturated heterocycles. The Morgan fingerprint density at radius 1 is 1.14 bits per heavy atom. The zero-order valence-electron chi connectivity index (χ0n) is 12.5. The van der Waals surface area contributed by atoms with Gasteiger partial charge in [-0.25, -0.2) is 0 Å². The molecule has 21 heavy (non-hydrogen) atoms. The van der Waals surface area contributed by atoms with E-state index < -0.39 is 0 Å². The Labute approximate surface area is 130 Å². The van der Waals surface area contributed by atoms with Crippen LogP contribution in [0.15, 0.2) is 35.7 Å². The molecule has 3 N–H and O–H groups in total. The number of aromatic amines is 1. The second-order valence-electron chi connectivity index (χ2n) is 5.39. The lowest BCUT2D eigenvalue weighted by atomic mass is 10.0. The standard InChI is InChI=1S/C18H22N2S/c1-2-13-7-5-9-14-15(8-3-4-11-19)18(20-17(13)14)16-10-6-12-21-16/h5-7,9-10,12,20H,2-4,8,11,19H2,1H3.